The van der Waals surface area contributed by atoms with Gasteiger partial charge in [0.2, 0.25) is 5.91 Å². The van der Waals surface area contributed by atoms with Crippen molar-refractivity contribution in [3.05, 3.63) is 30.1 Å². The quantitative estimate of drug-likeness (QED) is 0.850. The van der Waals surface area contributed by atoms with Crippen LogP contribution in [0.15, 0.2) is 24.5 Å². The van der Waals surface area contributed by atoms with Gasteiger partial charge >= 0.3 is 0 Å². The number of hydrogen-bond donors (Lipinski definition) is 0. The van der Waals surface area contributed by atoms with Gasteiger partial charge in [0.25, 0.3) is 0 Å². The summed E-state index contributed by atoms with van der Waals surface area (Å²) in [7, 11) is 0. The Labute approximate surface area is 132 Å². The number of hydrogen-bond acceptors (Lipinski definition) is 4. The summed E-state index contributed by atoms with van der Waals surface area (Å²) in [5.74, 6) is 0.344. The molecule has 2 aliphatic rings. The van der Waals surface area contributed by atoms with Crippen LogP contribution in [-0.2, 0) is 16.1 Å². The highest BCUT2D eigenvalue weighted by atomic mass is 16.5. The van der Waals surface area contributed by atoms with Crippen LogP contribution in [0.3, 0.4) is 0 Å². The van der Waals surface area contributed by atoms with E-state index < -0.39 is 0 Å². The maximum Gasteiger partial charge on any atom is 0.228 e. The molecule has 120 valence electrons. The molecule has 2 saturated heterocycles. The van der Waals surface area contributed by atoms with Crippen molar-refractivity contribution in [3.63, 3.8) is 0 Å². The second-order valence-electron chi connectivity index (χ2n) is 6.28. The lowest BCUT2D eigenvalue weighted by Gasteiger charge is -2.38. The first kappa shape index (κ1) is 15.4. The summed E-state index contributed by atoms with van der Waals surface area (Å²) < 4.78 is 5.64. The van der Waals surface area contributed by atoms with Gasteiger partial charge in [-0.1, -0.05) is 0 Å². The molecule has 0 N–H and O–H groups in total. The number of rotatable bonds is 3. The fourth-order valence-electron chi connectivity index (χ4n) is 3.35. The molecule has 0 spiro atoms. The molecule has 0 saturated carbocycles. The Kier molecular flexibility index (Phi) is 5.05. The van der Waals surface area contributed by atoms with Crippen LogP contribution in [0.4, 0.5) is 0 Å². The molecule has 2 atom stereocenters. The third kappa shape index (κ3) is 3.65. The molecule has 5 heteroatoms. The van der Waals surface area contributed by atoms with Crippen LogP contribution in [0, 0.1) is 5.92 Å². The number of ether oxygens (including phenoxy) is 1. The zero-order valence-corrected chi connectivity index (χ0v) is 13.3. The van der Waals surface area contributed by atoms with Crippen LogP contribution in [-0.4, -0.2) is 59.6 Å². The minimum atomic E-state index is 0.0560. The molecule has 0 unspecified atom stereocenters. The number of pyridine rings is 1. The van der Waals surface area contributed by atoms with Crippen LogP contribution < -0.4 is 0 Å². The number of aromatic nitrogens is 1. The monoisotopic (exact) mass is 303 g/mol. The molecular weight excluding hydrogens is 278 g/mol. The van der Waals surface area contributed by atoms with E-state index in [0.29, 0.717) is 0 Å². The van der Waals surface area contributed by atoms with Crippen LogP contribution in [0.5, 0.6) is 0 Å². The lowest BCUT2D eigenvalue weighted by atomic mass is 9.93. The number of amides is 1. The van der Waals surface area contributed by atoms with Gasteiger partial charge in [0.15, 0.2) is 0 Å². The van der Waals surface area contributed by atoms with Crippen molar-refractivity contribution < 1.29 is 9.53 Å². The Hall–Kier alpha value is -1.46. The zero-order chi connectivity index (χ0) is 15.4. The maximum absolute atomic E-state index is 12.6. The van der Waals surface area contributed by atoms with Crippen molar-refractivity contribution in [2.75, 3.05) is 32.8 Å². The van der Waals surface area contributed by atoms with Gasteiger partial charge in [-0.3, -0.25) is 14.7 Å². The molecule has 3 heterocycles. The standard InChI is InChI=1S/C17H25N3O2/c1-14-16(3-2-12-22-14)17(21)20-10-8-19(9-11-20)13-15-4-6-18-7-5-15/h4-7,14,16H,2-3,8-13H2,1H3/t14-,16-/m0/s1. The van der Waals surface area contributed by atoms with Gasteiger partial charge in [0.05, 0.1) is 12.0 Å². The van der Waals surface area contributed by atoms with Crippen molar-refractivity contribution in [1.29, 1.82) is 0 Å². The van der Waals surface area contributed by atoms with Gasteiger partial charge in [-0.15, -0.1) is 0 Å². The predicted molar refractivity (Wildman–Crippen MR) is 84.2 cm³/mol. The Bertz CT molecular complexity index is 486. The Morgan fingerprint density at radius 2 is 2.00 bits per heavy atom. The van der Waals surface area contributed by atoms with E-state index >= 15 is 0 Å². The zero-order valence-electron chi connectivity index (χ0n) is 13.3. The largest absolute Gasteiger partial charge is 0.378 e. The molecule has 0 aliphatic carbocycles. The lowest BCUT2D eigenvalue weighted by molar-refractivity contribution is -0.145. The summed E-state index contributed by atoms with van der Waals surface area (Å²) in [6, 6.07) is 4.11. The van der Waals surface area contributed by atoms with E-state index in [-0.39, 0.29) is 17.9 Å². The lowest BCUT2D eigenvalue weighted by Crippen LogP contribution is -2.52. The molecule has 2 aliphatic heterocycles. The smallest absolute Gasteiger partial charge is 0.228 e. The van der Waals surface area contributed by atoms with E-state index in [0.717, 1.165) is 52.2 Å². The van der Waals surface area contributed by atoms with Crippen molar-refractivity contribution in [2.45, 2.75) is 32.4 Å². The van der Waals surface area contributed by atoms with Gasteiger partial charge in [-0.2, -0.15) is 0 Å². The summed E-state index contributed by atoms with van der Waals surface area (Å²) >= 11 is 0. The summed E-state index contributed by atoms with van der Waals surface area (Å²) in [4.78, 5) is 21.1. The Morgan fingerprint density at radius 1 is 1.27 bits per heavy atom. The van der Waals surface area contributed by atoms with Gasteiger partial charge in [0, 0.05) is 51.7 Å². The first-order valence-electron chi connectivity index (χ1n) is 8.25. The second kappa shape index (κ2) is 7.20. The minimum absolute atomic E-state index is 0.0560. The van der Waals surface area contributed by atoms with Crippen molar-refractivity contribution in [3.8, 4) is 0 Å². The number of nitrogens with zero attached hydrogens (tertiary/aromatic N) is 3. The van der Waals surface area contributed by atoms with Crippen LogP contribution >= 0.6 is 0 Å². The fourth-order valence-corrected chi connectivity index (χ4v) is 3.35. The van der Waals surface area contributed by atoms with Crippen LogP contribution in [0.1, 0.15) is 25.3 Å². The first-order chi connectivity index (χ1) is 10.7. The number of carbonyl (C=O) groups excluding carboxylic acids is 1. The highest BCUT2D eigenvalue weighted by molar-refractivity contribution is 5.79. The molecule has 0 radical (unpaired) electrons. The highest BCUT2D eigenvalue weighted by Gasteiger charge is 2.33. The molecule has 1 aromatic rings. The van der Waals surface area contributed by atoms with E-state index in [1.54, 1.807) is 0 Å². The topological polar surface area (TPSA) is 45.7 Å². The SMILES string of the molecule is C[C@@H]1OCCC[C@@H]1C(=O)N1CCN(Cc2ccncc2)CC1. The van der Waals surface area contributed by atoms with E-state index in [4.69, 9.17) is 4.74 Å². The van der Waals surface area contributed by atoms with Crippen molar-refractivity contribution in [1.82, 2.24) is 14.8 Å². The predicted octanol–water partition coefficient (Wildman–Crippen LogP) is 1.54. The summed E-state index contributed by atoms with van der Waals surface area (Å²) in [6.45, 7) is 7.30. The molecule has 0 aromatic carbocycles. The fraction of sp³-hybridized carbons (Fsp3) is 0.647. The van der Waals surface area contributed by atoms with Crippen molar-refractivity contribution in [2.24, 2.45) is 5.92 Å². The molecule has 1 aromatic heterocycles. The third-order valence-corrected chi connectivity index (χ3v) is 4.76. The summed E-state index contributed by atoms with van der Waals surface area (Å²) in [5.41, 5.74) is 1.28. The summed E-state index contributed by atoms with van der Waals surface area (Å²) in [6.07, 6.45) is 5.70. The van der Waals surface area contributed by atoms with Gasteiger partial charge in [-0.25, -0.2) is 0 Å². The average molecular weight is 303 g/mol. The van der Waals surface area contributed by atoms with E-state index in [1.807, 2.05) is 24.2 Å². The first-order valence-corrected chi connectivity index (χ1v) is 8.25. The second-order valence-corrected chi connectivity index (χ2v) is 6.28. The molecule has 2 fully saturated rings. The van der Waals surface area contributed by atoms with Crippen molar-refractivity contribution >= 4 is 5.91 Å². The van der Waals surface area contributed by atoms with E-state index in [1.165, 1.54) is 5.56 Å². The van der Waals surface area contributed by atoms with E-state index in [9.17, 15) is 4.79 Å². The normalized spacial score (nSPS) is 26.9. The van der Waals surface area contributed by atoms with Crippen LogP contribution in [0.2, 0.25) is 0 Å². The third-order valence-electron chi connectivity index (χ3n) is 4.76. The highest BCUT2D eigenvalue weighted by Crippen LogP contribution is 2.23. The van der Waals surface area contributed by atoms with Gasteiger partial charge < -0.3 is 9.64 Å². The Balaban J connectivity index is 1.50. The van der Waals surface area contributed by atoms with Gasteiger partial charge in [0.1, 0.15) is 0 Å². The molecule has 3 rings (SSSR count). The number of piperazine rings is 1. The molecular formula is C17H25N3O2. The molecule has 0 bridgehead atoms. The summed E-state index contributed by atoms with van der Waals surface area (Å²) in [5, 5.41) is 0. The Morgan fingerprint density at radius 3 is 2.68 bits per heavy atom. The van der Waals surface area contributed by atoms with Crippen LogP contribution in [0.25, 0.3) is 0 Å². The van der Waals surface area contributed by atoms with Gasteiger partial charge in [-0.05, 0) is 37.5 Å². The maximum atomic E-state index is 12.6. The molecule has 22 heavy (non-hydrogen) atoms. The minimum Gasteiger partial charge on any atom is -0.378 e. The molecule has 5 nitrogen and oxygen atoms in total. The molecule has 1 amide bonds. The average Bonchev–Trinajstić information content (AvgIpc) is 2.56. The number of carbonyl (C=O) groups is 1. The van der Waals surface area contributed by atoms with E-state index in [2.05, 4.69) is 22.0 Å².